The maximum absolute atomic E-state index is 4.87. The highest BCUT2D eigenvalue weighted by Crippen LogP contribution is 2.37. The molecule has 0 aliphatic carbocycles. The van der Waals surface area contributed by atoms with Crippen LogP contribution in [0.25, 0.3) is 11.0 Å². The molecule has 1 aromatic heterocycles. The number of nitrogens with one attached hydrogen (secondary N) is 1. The summed E-state index contributed by atoms with van der Waals surface area (Å²) in [7, 11) is 4.32. The van der Waals surface area contributed by atoms with Crippen LogP contribution in [0.1, 0.15) is 24.0 Å². The van der Waals surface area contributed by atoms with Gasteiger partial charge in [-0.2, -0.15) is 0 Å². The number of halogens is 2. The first-order valence-electron chi connectivity index (χ1n) is 7.65. The molecule has 4 nitrogen and oxygen atoms in total. The number of H-pyrrole nitrogens is 1. The number of rotatable bonds is 2. The van der Waals surface area contributed by atoms with Gasteiger partial charge in [0.1, 0.15) is 5.52 Å². The average Bonchev–Trinajstić information content (AvgIpc) is 2.96. The molecule has 0 bridgehead atoms. The van der Waals surface area contributed by atoms with Crippen molar-refractivity contribution in [2.45, 2.75) is 32.7 Å². The van der Waals surface area contributed by atoms with Gasteiger partial charge in [-0.15, -0.1) is 0 Å². The van der Waals surface area contributed by atoms with Crippen LogP contribution in [0.5, 0.6) is 0 Å². The molecule has 1 aromatic carbocycles. The average molecular weight is 430 g/mol. The molecule has 0 amide bonds. The fraction of sp³-hybridized carbons (Fsp3) is 0.562. The van der Waals surface area contributed by atoms with Gasteiger partial charge in [-0.1, -0.05) is 0 Å². The molecule has 1 saturated heterocycles. The highest BCUT2D eigenvalue weighted by molar-refractivity contribution is 9.11. The van der Waals surface area contributed by atoms with E-state index in [4.69, 9.17) is 4.98 Å². The summed E-state index contributed by atoms with van der Waals surface area (Å²) in [6.45, 7) is 6.35. The Bertz CT molecular complexity index is 663. The van der Waals surface area contributed by atoms with Gasteiger partial charge in [0.05, 0.1) is 5.52 Å². The Morgan fingerprint density at radius 1 is 1.18 bits per heavy atom. The maximum atomic E-state index is 4.87. The van der Waals surface area contributed by atoms with Crippen molar-refractivity contribution in [1.29, 1.82) is 0 Å². The molecule has 6 heteroatoms. The topological polar surface area (TPSA) is 35.2 Å². The summed E-state index contributed by atoms with van der Waals surface area (Å²) >= 11 is 7.43. The minimum Gasteiger partial charge on any atom is -0.341 e. The predicted octanol–water partition coefficient (Wildman–Crippen LogP) is 4.24. The second-order valence-corrected chi connectivity index (χ2v) is 7.95. The van der Waals surface area contributed by atoms with E-state index in [0.717, 1.165) is 39.0 Å². The number of aromatic nitrogens is 2. The number of hydrogen-bond acceptors (Lipinski definition) is 3. The first-order valence-corrected chi connectivity index (χ1v) is 9.24. The van der Waals surface area contributed by atoms with E-state index in [1.807, 2.05) is 0 Å². The van der Waals surface area contributed by atoms with Gasteiger partial charge in [0.15, 0.2) is 0 Å². The number of anilines is 1. The summed E-state index contributed by atoms with van der Waals surface area (Å²) in [6, 6.07) is 0.595. The highest BCUT2D eigenvalue weighted by Gasteiger charge is 2.24. The molecule has 1 aliphatic rings. The molecule has 3 rings (SSSR count). The third kappa shape index (κ3) is 2.69. The number of imidazole rings is 1. The Kier molecular flexibility index (Phi) is 4.54. The number of fused-ring (bicyclic) bond motifs is 1. The number of piperidine rings is 1. The standard InChI is InChI=1S/C16H22Br2N4/c1-9-10(2)13(18)15-14(12(9)17)19-16(20-15)22-7-5-6-11(8-22)21(3)4/h11H,5-8H2,1-4H3,(H,19,20). The summed E-state index contributed by atoms with van der Waals surface area (Å²) in [5.74, 6) is 0.980. The molecule has 2 heterocycles. The fourth-order valence-corrected chi connectivity index (χ4v) is 4.26. The second kappa shape index (κ2) is 6.13. The summed E-state index contributed by atoms with van der Waals surface area (Å²) in [5, 5.41) is 0. The lowest BCUT2D eigenvalue weighted by Crippen LogP contribution is -2.45. The molecule has 120 valence electrons. The summed E-state index contributed by atoms with van der Waals surface area (Å²) in [6.07, 6.45) is 2.47. The van der Waals surface area contributed by atoms with Crippen molar-refractivity contribution in [2.24, 2.45) is 0 Å². The van der Waals surface area contributed by atoms with Gasteiger partial charge in [0.2, 0.25) is 5.95 Å². The van der Waals surface area contributed by atoms with E-state index in [-0.39, 0.29) is 0 Å². The van der Waals surface area contributed by atoms with Crippen molar-refractivity contribution in [3.05, 3.63) is 20.1 Å². The minimum atomic E-state index is 0.595. The molecule has 1 aliphatic heterocycles. The Morgan fingerprint density at radius 2 is 1.86 bits per heavy atom. The van der Waals surface area contributed by atoms with Crippen LogP contribution in [0.3, 0.4) is 0 Å². The van der Waals surface area contributed by atoms with Gasteiger partial charge in [-0.3, -0.25) is 0 Å². The van der Waals surface area contributed by atoms with E-state index in [2.05, 4.69) is 74.6 Å². The Labute approximate surface area is 148 Å². The van der Waals surface area contributed by atoms with Crippen molar-refractivity contribution < 1.29 is 0 Å². The van der Waals surface area contributed by atoms with E-state index >= 15 is 0 Å². The van der Waals surface area contributed by atoms with E-state index in [0.29, 0.717) is 6.04 Å². The van der Waals surface area contributed by atoms with Crippen LogP contribution in [-0.4, -0.2) is 48.1 Å². The lowest BCUT2D eigenvalue weighted by atomic mass is 10.1. The maximum Gasteiger partial charge on any atom is 0.203 e. The zero-order chi connectivity index (χ0) is 16.0. The number of hydrogen-bond donors (Lipinski definition) is 1. The van der Waals surface area contributed by atoms with Crippen LogP contribution in [0.4, 0.5) is 5.95 Å². The monoisotopic (exact) mass is 428 g/mol. The minimum absolute atomic E-state index is 0.595. The van der Waals surface area contributed by atoms with Crippen molar-refractivity contribution in [2.75, 3.05) is 32.1 Å². The lowest BCUT2D eigenvalue weighted by Gasteiger charge is -2.35. The Hall–Kier alpha value is -0.590. The highest BCUT2D eigenvalue weighted by atomic mass is 79.9. The van der Waals surface area contributed by atoms with Gasteiger partial charge in [0.25, 0.3) is 0 Å². The van der Waals surface area contributed by atoms with Gasteiger partial charge in [-0.05, 0) is 83.8 Å². The van der Waals surface area contributed by atoms with Crippen molar-refractivity contribution >= 4 is 48.8 Å². The zero-order valence-corrected chi connectivity index (χ0v) is 16.7. The summed E-state index contributed by atoms with van der Waals surface area (Å²) in [5.41, 5.74) is 4.58. The van der Waals surface area contributed by atoms with Crippen molar-refractivity contribution in [3.8, 4) is 0 Å². The second-order valence-electron chi connectivity index (χ2n) is 6.37. The molecule has 0 radical (unpaired) electrons. The zero-order valence-electron chi connectivity index (χ0n) is 13.5. The molecule has 1 N–H and O–H groups in total. The predicted molar refractivity (Wildman–Crippen MR) is 99.9 cm³/mol. The van der Waals surface area contributed by atoms with E-state index in [1.54, 1.807) is 0 Å². The molecule has 0 saturated carbocycles. The van der Waals surface area contributed by atoms with E-state index < -0.39 is 0 Å². The Morgan fingerprint density at radius 3 is 2.55 bits per heavy atom. The number of likely N-dealkylation sites (N-methyl/N-ethyl adjacent to an activating group) is 1. The van der Waals surface area contributed by atoms with Crippen LogP contribution in [-0.2, 0) is 0 Å². The molecule has 1 fully saturated rings. The first-order chi connectivity index (χ1) is 10.4. The van der Waals surface area contributed by atoms with Crippen molar-refractivity contribution in [3.63, 3.8) is 0 Å². The molecular weight excluding hydrogens is 408 g/mol. The number of aromatic amines is 1. The molecule has 1 unspecified atom stereocenters. The lowest BCUT2D eigenvalue weighted by molar-refractivity contribution is 0.257. The van der Waals surface area contributed by atoms with Crippen LogP contribution < -0.4 is 4.90 Å². The van der Waals surface area contributed by atoms with Gasteiger partial charge < -0.3 is 14.8 Å². The third-order valence-electron chi connectivity index (χ3n) is 4.77. The van der Waals surface area contributed by atoms with Crippen LogP contribution >= 0.6 is 31.9 Å². The van der Waals surface area contributed by atoms with Gasteiger partial charge in [-0.25, -0.2) is 4.98 Å². The number of benzene rings is 1. The van der Waals surface area contributed by atoms with E-state index in [1.165, 1.54) is 24.0 Å². The smallest absolute Gasteiger partial charge is 0.203 e. The molecule has 0 spiro atoms. The van der Waals surface area contributed by atoms with Gasteiger partial charge >= 0.3 is 0 Å². The SMILES string of the molecule is Cc1c(C)c(Br)c2[nH]c(N3CCCC(N(C)C)C3)nc2c1Br. The summed E-state index contributed by atoms with van der Waals surface area (Å²) < 4.78 is 2.20. The van der Waals surface area contributed by atoms with Crippen molar-refractivity contribution in [1.82, 2.24) is 14.9 Å². The first kappa shape index (κ1) is 16.3. The fourth-order valence-electron chi connectivity index (χ4n) is 3.09. The molecule has 2 aromatic rings. The Balaban J connectivity index is 2.02. The molecule has 1 atom stereocenters. The third-order valence-corrected chi connectivity index (χ3v) is 6.73. The normalized spacial score (nSPS) is 19.4. The van der Waals surface area contributed by atoms with E-state index in [9.17, 15) is 0 Å². The van der Waals surface area contributed by atoms with Crippen LogP contribution in [0, 0.1) is 13.8 Å². The quantitative estimate of drug-likeness (QED) is 0.775. The molecular formula is C16H22Br2N4. The van der Waals surface area contributed by atoms with Gasteiger partial charge in [0, 0.05) is 28.1 Å². The largest absolute Gasteiger partial charge is 0.341 e. The molecule has 22 heavy (non-hydrogen) atoms. The van der Waals surface area contributed by atoms with Crippen LogP contribution in [0.2, 0.25) is 0 Å². The number of nitrogens with zero attached hydrogens (tertiary/aromatic N) is 3. The summed E-state index contributed by atoms with van der Waals surface area (Å²) in [4.78, 5) is 13.1. The van der Waals surface area contributed by atoms with Crippen LogP contribution in [0.15, 0.2) is 8.95 Å².